The SMILES string of the molecule is CCCc1ccccc1-n1c(=S)[nH]c2cc(Br)c(F)cc21. The average Bonchev–Trinajstić information content (AvgIpc) is 2.76. The first-order valence-electron chi connectivity index (χ1n) is 6.80. The zero-order valence-electron chi connectivity index (χ0n) is 11.5. The molecule has 0 spiro atoms. The van der Waals surface area contributed by atoms with Crippen molar-refractivity contribution < 1.29 is 4.39 Å². The van der Waals surface area contributed by atoms with Crippen LogP contribution in [0.15, 0.2) is 40.9 Å². The van der Waals surface area contributed by atoms with E-state index in [1.165, 1.54) is 11.6 Å². The first kappa shape index (κ1) is 14.5. The van der Waals surface area contributed by atoms with Gasteiger partial charge in [-0.1, -0.05) is 31.5 Å². The number of nitrogens with one attached hydrogen (secondary N) is 1. The number of aryl methyl sites for hydroxylation is 1. The Morgan fingerprint density at radius 2 is 2.05 bits per heavy atom. The number of hydrogen-bond acceptors (Lipinski definition) is 1. The van der Waals surface area contributed by atoms with Crippen LogP contribution in [0.5, 0.6) is 0 Å². The number of para-hydroxylation sites is 1. The highest BCUT2D eigenvalue weighted by molar-refractivity contribution is 9.10. The Bertz CT molecular complexity index is 866. The number of benzene rings is 2. The monoisotopic (exact) mass is 364 g/mol. The summed E-state index contributed by atoms with van der Waals surface area (Å²) in [5, 5.41) is 0. The molecule has 0 aliphatic heterocycles. The van der Waals surface area contributed by atoms with E-state index < -0.39 is 0 Å². The van der Waals surface area contributed by atoms with Gasteiger partial charge in [0.1, 0.15) is 5.82 Å². The van der Waals surface area contributed by atoms with Crippen LogP contribution in [0.1, 0.15) is 18.9 Å². The van der Waals surface area contributed by atoms with Crippen molar-refractivity contribution in [2.75, 3.05) is 0 Å². The van der Waals surface area contributed by atoms with Crippen molar-refractivity contribution in [2.24, 2.45) is 0 Å². The van der Waals surface area contributed by atoms with Crippen LogP contribution in [0.3, 0.4) is 0 Å². The summed E-state index contributed by atoms with van der Waals surface area (Å²) >= 11 is 8.64. The molecule has 2 nitrogen and oxygen atoms in total. The maximum atomic E-state index is 13.9. The number of fused-ring (bicyclic) bond motifs is 1. The van der Waals surface area contributed by atoms with Gasteiger partial charge in [0.25, 0.3) is 0 Å². The molecule has 1 heterocycles. The summed E-state index contributed by atoms with van der Waals surface area (Å²) in [6, 6.07) is 11.3. The number of nitrogens with zero attached hydrogens (tertiary/aromatic N) is 1. The zero-order valence-corrected chi connectivity index (χ0v) is 13.9. The predicted molar refractivity (Wildman–Crippen MR) is 90.1 cm³/mol. The van der Waals surface area contributed by atoms with Gasteiger partial charge in [-0.3, -0.25) is 4.57 Å². The van der Waals surface area contributed by atoms with Crippen LogP contribution in [-0.4, -0.2) is 9.55 Å². The second-order valence-electron chi connectivity index (χ2n) is 4.93. The Hall–Kier alpha value is -1.46. The van der Waals surface area contributed by atoms with Crippen molar-refractivity contribution in [1.82, 2.24) is 9.55 Å². The number of aromatic amines is 1. The Kier molecular flexibility index (Phi) is 3.95. The van der Waals surface area contributed by atoms with Gasteiger partial charge in [-0.05, 0) is 52.3 Å². The minimum atomic E-state index is -0.293. The summed E-state index contributed by atoms with van der Waals surface area (Å²) in [5.41, 5.74) is 3.79. The molecule has 0 unspecified atom stereocenters. The molecule has 1 aromatic heterocycles. The Labute approximate surface area is 135 Å². The van der Waals surface area contributed by atoms with E-state index in [-0.39, 0.29) is 5.82 Å². The van der Waals surface area contributed by atoms with E-state index in [4.69, 9.17) is 12.2 Å². The first-order chi connectivity index (χ1) is 10.1. The summed E-state index contributed by atoms with van der Waals surface area (Å²) < 4.78 is 16.8. The number of rotatable bonds is 3. The van der Waals surface area contributed by atoms with Crippen molar-refractivity contribution >= 4 is 39.2 Å². The number of aromatic nitrogens is 2. The van der Waals surface area contributed by atoms with E-state index in [1.807, 2.05) is 22.8 Å². The van der Waals surface area contributed by atoms with Crippen molar-refractivity contribution in [3.8, 4) is 5.69 Å². The number of H-pyrrole nitrogens is 1. The van der Waals surface area contributed by atoms with Gasteiger partial charge in [0.15, 0.2) is 4.77 Å². The van der Waals surface area contributed by atoms with Crippen molar-refractivity contribution in [2.45, 2.75) is 19.8 Å². The lowest BCUT2D eigenvalue weighted by Crippen LogP contribution is -1.99. The molecule has 108 valence electrons. The van der Waals surface area contributed by atoms with Gasteiger partial charge in [0, 0.05) is 6.07 Å². The van der Waals surface area contributed by atoms with Gasteiger partial charge in [0.2, 0.25) is 0 Å². The summed E-state index contributed by atoms with van der Waals surface area (Å²) in [7, 11) is 0. The molecule has 0 saturated carbocycles. The highest BCUT2D eigenvalue weighted by Gasteiger charge is 2.12. The fraction of sp³-hybridized carbons (Fsp3) is 0.188. The molecule has 21 heavy (non-hydrogen) atoms. The normalized spacial score (nSPS) is 11.2. The number of halogens is 2. The highest BCUT2D eigenvalue weighted by Crippen LogP contribution is 2.27. The summed E-state index contributed by atoms with van der Waals surface area (Å²) in [6.45, 7) is 2.14. The molecule has 5 heteroatoms. The summed E-state index contributed by atoms with van der Waals surface area (Å²) in [5.74, 6) is -0.293. The molecule has 0 aliphatic carbocycles. The molecule has 0 bridgehead atoms. The van der Waals surface area contributed by atoms with E-state index in [2.05, 4.69) is 33.9 Å². The third-order valence-corrected chi connectivity index (χ3v) is 4.37. The maximum absolute atomic E-state index is 13.9. The standard InChI is InChI=1S/C16H14BrFN2S/c1-2-5-10-6-3-4-7-14(10)20-15-9-12(18)11(17)8-13(15)19-16(20)21/h3-4,6-9H,2,5H2,1H3,(H,19,21). The van der Waals surface area contributed by atoms with Gasteiger partial charge in [-0.15, -0.1) is 0 Å². The van der Waals surface area contributed by atoms with Crippen LogP contribution >= 0.6 is 28.1 Å². The first-order valence-corrected chi connectivity index (χ1v) is 8.00. The molecule has 0 atom stereocenters. The smallest absolute Gasteiger partial charge is 0.182 e. The van der Waals surface area contributed by atoms with Crippen LogP contribution in [0.4, 0.5) is 4.39 Å². The van der Waals surface area contributed by atoms with E-state index in [9.17, 15) is 4.39 Å². The molecule has 2 aromatic carbocycles. The van der Waals surface area contributed by atoms with E-state index in [0.717, 1.165) is 29.6 Å². The topological polar surface area (TPSA) is 20.7 Å². The zero-order chi connectivity index (χ0) is 15.0. The highest BCUT2D eigenvalue weighted by atomic mass is 79.9. The third kappa shape index (κ3) is 2.56. The van der Waals surface area contributed by atoms with Crippen molar-refractivity contribution in [3.05, 3.63) is 57.0 Å². The van der Waals surface area contributed by atoms with E-state index in [1.54, 1.807) is 6.07 Å². The molecule has 0 aliphatic rings. The second kappa shape index (κ2) is 5.73. The molecule has 1 N–H and O–H groups in total. The second-order valence-corrected chi connectivity index (χ2v) is 6.17. The quantitative estimate of drug-likeness (QED) is 0.604. The maximum Gasteiger partial charge on any atom is 0.182 e. The van der Waals surface area contributed by atoms with E-state index >= 15 is 0 Å². The molecular formula is C16H14BrFN2S. The molecule has 0 fully saturated rings. The molecule has 0 saturated heterocycles. The molecule has 0 amide bonds. The minimum absolute atomic E-state index is 0.293. The van der Waals surface area contributed by atoms with Crippen LogP contribution < -0.4 is 0 Å². The van der Waals surface area contributed by atoms with Gasteiger partial charge in [-0.25, -0.2) is 4.39 Å². The fourth-order valence-corrected chi connectivity index (χ4v) is 3.20. The lowest BCUT2D eigenvalue weighted by Gasteiger charge is -2.11. The molecule has 3 aromatic rings. The molecule has 3 rings (SSSR count). The van der Waals surface area contributed by atoms with Gasteiger partial charge in [-0.2, -0.15) is 0 Å². The molecule has 0 radical (unpaired) electrons. The summed E-state index contributed by atoms with van der Waals surface area (Å²) in [6.07, 6.45) is 2.01. The lowest BCUT2D eigenvalue weighted by molar-refractivity contribution is 0.622. The van der Waals surface area contributed by atoms with E-state index in [0.29, 0.717) is 9.24 Å². The fourth-order valence-electron chi connectivity index (χ4n) is 2.55. The number of hydrogen-bond donors (Lipinski definition) is 1. The van der Waals surface area contributed by atoms with Gasteiger partial charge >= 0.3 is 0 Å². The van der Waals surface area contributed by atoms with Crippen LogP contribution in [0.25, 0.3) is 16.7 Å². The van der Waals surface area contributed by atoms with Crippen LogP contribution in [0.2, 0.25) is 0 Å². The Morgan fingerprint density at radius 1 is 1.29 bits per heavy atom. The third-order valence-electron chi connectivity index (χ3n) is 3.48. The largest absolute Gasteiger partial charge is 0.330 e. The predicted octanol–water partition coefficient (Wildman–Crippen LogP) is 5.54. The minimum Gasteiger partial charge on any atom is -0.330 e. The Balaban J connectivity index is 2.33. The number of imidazole rings is 1. The Morgan fingerprint density at radius 3 is 2.81 bits per heavy atom. The van der Waals surface area contributed by atoms with Crippen LogP contribution in [-0.2, 0) is 6.42 Å². The van der Waals surface area contributed by atoms with Crippen molar-refractivity contribution in [1.29, 1.82) is 0 Å². The lowest BCUT2D eigenvalue weighted by atomic mass is 10.1. The average molecular weight is 365 g/mol. The van der Waals surface area contributed by atoms with Crippen LogP contribution in [0, 0.1) is 10.6 Å². The van der Waals surface area contributed by atoms with Gasteiger partial charge in [0.05, 0.1) is 21.2 Å². The summed E-state index contributed by atoms with van der Waals surface area (Å²) in [4.78, 5) is 3.14. The van der Waals surface area contributed by atoms with Gasteiger partial charge < -0.3 is 4.98 Å². The van der Waals surface area contributed by atoms with Crippen molar-refractivity contribution in [3.63, 3.8) is 0 Å². The molecular weight excluding hydrogens is 351 g/mol.